The molecule has 0 aliphatic rings. The summed E-state index contributed by atoms with van der Waals surface area (Å²) in [4.78, 5) is 15.8. The maximum absolute atomic E-state index is 12.7. The lowest BCUT2D eigenvalue weighted by molar-refractivity contribution is 0.104. The molecule has 0 radical (unpaired) electrons. The molecule has 0 aliphatic heterocycles. The van der Waals surface area contributed by atoms with E-state index in [9.17, 15) is 4.79 Å². The number of nitrogens with one attached hydrogen (secondary N) is 1. The molecule has 5 heteroatoms. The van der Waals surface area contributed by atoms with Crippen LogP contribution in [0.15, 0.2) is 39.6 Å². The number of carbonyl (C=O) groups is 1. The van der Waals surface area contributed by atoms with Gasteiger partial charge in [0.2, 0.25) is 0 Å². The van der Waals surface area contributed by atoms with E-state index in [4.69, 9.17) is 4.74 Å². The summed E-state index contributed by atoms with van der Waals surface area (Å²) < 4.78 is 6.79. The summed E-state index contributed by atoms with van der Waals surface area (Å²) in [6, 6.07) is 7.61. The number of fused-ring (bicyclic) bond motifs is 1. The average molecular weight is 364 g/mol. The zero-order valence-corrected chi connectivity index (χ0v) is 14.0. The van der Waals surface area contributed by atoms with Gasteiger partial charge in [0.1, 0.15) is 5.75 Å². The first-order valence-electron chi connectivity index (χ1n) is 6.61. The van der Waals surface area contributed by atoms with Crippen LogP contribution in [0.3, 0.4) is 0 Å². The van der Waals surface area contributed by atoms with Gasteiger partial charge in [0.25, 0.3) is 0 Å². The third kappa shape index (κ3) is 2.76. The molecular formula is C16H14BrNO2S. The molecule has 0 aliphatic carbocycles. The van der Waals surface area contributed by atoms with Gasteiger partial charge in [0.05, 0.1) is 20.8 Å². The summed E-state index contributed by atoms with van der Waals surface area (Å²) in [5.74, 6) is 0.740. The summed E-state index contributed by atoms with van der Waals surface area (Å²) in [6.45, 7) is 3.95. The second-order valence-corrected chi connectivity index (χ2v) is 7.31. The molecule has 0 fully saturated rings. The Morgan fingerprint density at radius 2 is 2.19 bits per heavy atom. The molecule has 2 heterocycles. The number of aromatic amines is 1. The lowest BCUT2D eigenvalue weighted by Crippen LogP contribution is -2.07. The number of rotatable bonds is 4. The van der Waals surface area contributed by atoms with E-state index >= 15 is 0 Å². The van der Waals surface area contributed by atoms with Gasteiger partial charge in [-0.15, -0.1) is 11.3 Å². The zero-order valence-electron chi connectivity index (χ0n) is 11.6. The van der Waals surface area contributed by atoms with Crippen LogP contribution in [0.4, 0.5) is 0 Å². The van der Waals surface area contributed by atoms with Gasteiger partial charge in [-0.05, 0) is 48.0 Å². The Balaban J connectivity index is 2.12. The molecule has 0 amide bonds. The van der Waals surface area contributed by atoms with Crippen molar-refractivity contribution in [2.24, 2.45) is 0 Å². The lowest BCUT2D eigenvalue weighted by Gasteiger charge is -2.11. The van der Waals surface area contributed by atoms with E-state index in [1.165, 1.54) is 11.3 Å². The van der Waals surface area contributed by atoms with E-state index in [0.29, 0.717) is 11.1 Å². The molecule has 0 saturated carbocycles. The molecule has 3 rings (SSSR count). The van der Waals surface area contributed by atoms with Crippen molar-refractivity contribution in [1.82, 2.24) is 4.98 Å². The first-order chi connectivity index (χ1) is 10.1. The van der Waals surface area contributed by atoms with Gasteiger partial charge in [-0.2, -0.15) is 0 Å². The van der Waals surface area contributed by atoms with Crippen LogP contribution in [-0.4, -0.2) is 16.9 Å². The van der Waals surface area contributed by atoms with Crippen molar-refractivity contribution < 1.29 is 9.53 Å². The second kappa shape index (κ2) is 5.66. The number of hydrogen-bond acceptors (Lipinski definition) is 3. The summed E-state index contributed by atoms with van der Waals surface area (Å²) >= 11 is 4.90. The predicted molar refractivity (Wildman–Crippen MR) is 89.5 cm³/mol. The molecule has 0 saturated heterocycles. The van der Waals surface area contributed by atoms with Crippen LogP contribution in [0.1, 0.15) is 29.8 Å². The maximum Gasteiger partial charge on any atom is 0.196 e. The normalized spacial score (nSPS) is 11.2. The van der Waals surface area contributed by atoms with Crippen LogP contribution >= 0.6 is 27.3 Å². The highest BCUT2D eigenvalue weighted by Gasteiger charge is 2.18. The largest absolute Gasteiger partial charge is 0.490 e. The smallest absolute Gasteiger partial charge is 0.196 e. The van der Waals surface area contributed by atoms with E-state index < -0.39 is 0 Å². The number of halogens is 1. The van der Waals surface area contributed by atoms with Gasteiger partial charge in [-0.1, -0.05) is 6.07 Å². The summed E-state index contributed by atoms with van der Waals surface area (Å²) in [5, 5.41) is 2.70. The van der Waals surface area contributed by atoms with Crippen LogP contribution in [-0.2, 0) is 0 Å². The number of aromatic nitrogens is 1. The van der Waals surface area contributed by atoms with E-state index in [2.05, 4.69) is 20.9 Å². The highest BCUT2D eigenvalue weighted by molar-refractivity contribution is 9.11. The zero-order chi connectivity index (χ0) is 15.0. The van der Waals surface area contributed by atoms with Crippen LogP contribution in [0.5, 0.6) is 5.75 Å². The molecule has 108 valence electrons. The Morgan fingerprint density at radius 1 is 1.38 bits per heavy atom. The van der Waals surface area contributed by atoms with Crippen molar-refractivity contribution >= 4 is 44.0 Å². The number of H-pyrrole nitrogens is 1. The maximum atomic E-state index is 12.7. The highest BCUT2D eigenvalue weighted by Crippen LogP contribution is 2.32. The van der Waals surface area contributed by atoms with Crippen LogP contribution in [0.25, 0.3) is 10.9 Å². The van der Waals surface area contributed by atoms with Gasteiger partial charge in [0.15, 0.2) is 5.78 Å². The Hall–Kier alpha value is -1.59. The van der Waals surface area contributed by atoms with Crippen LogP contribution in [0, 0.1) is 0 Å². The Kier molecular flexibility index (Phi) is 3.87. The van der Waals surface area contributed by atoms with Crippen LogP contribution < -0.4 is 4.74 Å². The molecule has 2 aromatic heterocycles. The molecular weight excluding hydrogens is 350 g/mol. The molecule has 1 N–H and O–H groups in total. The van der Waals surface area contributed by atoms with Crippen molar-refractivity contribution in [2.75, 3.05) is 0 Å². The summed E-state index contributed by atoms with van der Waals surface area (Å²) in [6.07, 6.45) is 1.81. The third-order valence-electron chi connectivity index (χ3n) is 3.10. The highest BCUT2D eigenvalue weighted by atomic mass is 79.9. The van der Waals surface area contributed by atoms with Gasteiger partial charge in [-0.3, -0.25) is 4.79 Å². The number of hydrogen-bond donors (Lipinski definition) is 1. The quantitative estimate of drug-likeness (QED) is 0.662. The van der Waals surface area contributed by atoms with E-state index in [1.54, 1.807) is 6.20 Å². The summed E-state index contributed by atoms with van der Waals surface area (Å²) in [7, 11) is 0. The number of thiophene rings is 1. The van der Waals surface area contributed by atoms with Gasteiger partial charge in [-0.25, -0.2) is 0 Å². The lowest BCUT2D eigenvalue weighted by atomic mass is 10.0. The molecule has 3 nitrogen and oxygen atoms in total. The SMILES string of the molecule is CC(C)Oc1cccc2[nH]cc(C(=O)c3csc(Br)c3)c12. The minimum absolute atomic E-state index is 0.00278. The first kappa shape index (κ1) is 14.4. The van der Waals surface area contributed by atoms with Crippen LogP contribution in [0.2, 0.25) is 0 Å². The molecule has 1 aromatic carbocycles. The van der Waals surface area contributed by atoms with Crippen molar-refractivity contribution in [1.29, 1.82) is 0 Å². The Morgan fingerprint density at radius 3 is 2.86 bits per heavy atom. The second-order valence-electron chi connectivity index (χ2n) is 5.02. The molecule has 0 atom stereocenters. The molecule has 0 bridgehead atoms. The van der Waals surface area contributed by atoms with Crippen molar-refractivity contribution in [2.45, 2.75) is 20.0 Å². The first-order valence-corrected chi connectivity index (χ1v) is 8.29. The fourth-order valence-corrected chi connectivity index (χ4v) is 3.40. The minimum atomic E-state index is 0.00278. The summed E-state index contributed by atoms with van der Waals surface area (Å²) in [5.41, 5.74) is 2.24. The third-order valence-corrected chi connectivity index (χ3v) is 4.61. The number of ketones is 1. The number of carbonyl (C=O) groups excluding carboxylic acids is 1. The standard InChI is InChI=1S/C16H14BrNO2S/c1-9(2)20-13-5-3-4-12-15(13)11(7-18-12)16(19)10-6-14(17)21-8-10/h3-9,18H,1-2H3. The Bertz CT molecular complexity index is 804. The fourth-order valence-electron chi connectivity index (χ4n) is 2.27. The van der Waals surface area contributed by atoms with Crippen molar-refractivity contribution in [3.8, 4) is 5.75 Å². The average Bonchev–Trinajstić information content (AvgIpc) is 3.04. The fraction of sp³-hybridized carbons (Fsp3) is 0.188. The number of benzene rings is 1. The topological polar surface area (TPSA) is 42.1 Å². The number of ether oxygens (including phenoxy) is 1. The van der Waals surface area contributed by atoms with Crippen molar-refractivity contribution in [3.05, 3.63) is 50.8 Å². The Labute approximate surface area is 135 Å². The van der Waals surface area contributed by atoms with Gasteiger partial charge < -0.3 is 9.72 Å². The predicted octanol–water partition coefficient (Wildman–Crippen LogP) is 5.01. The van der Waals surface area contributed by atoms with E-state index in [1.807, 2.05) is 43.5 Å². The van der Waals surface area contributed by atoms with E-state index in [-0.39, 0.29) is 11.9 Å². The minimum Gasteiger partial charge on any atom is -0.490 e. The molecule has 3 aromatic rings. The molecule has 0 unspecified atom stereocenters. The molecule has 21 heavy (non-hydrogen) atoms. The van der Waals surface area contributed by atoms with Gasteiger partial charge >= 0.3 is 0 Å². The monoisotopic (exact) mass is 363 g/mol. The van der Waals surface area contributed by atoms with Gasteiger partial charge in [0, 0.05) is 22.7 Å². The van der Waals surface area contributed by atoms with Crippen molar-refractivity contribution in [3.63, 3.8) is 0 Å². The molecule has 0 spiro atoms. The van der Waals surface area contributed by atoms with E-state index in [0.717, 1.165) is 20.4 Å².